The van der Waals surface area contributed by atoms with Crippen molar-refractivity contribution in [1.29, 1.82) is 0 Å². The third kappa shape index (κ3) is 1.53. The Hall–Kier alpha value is -0.940. The third-order valence-electron chi connectivity index (χ3n) is 3.07. The fourth-order valence-corrected chi connectivity index (χ4v) is 1.74. The highest BCUT2D eigenvalue weighted by molar-refractivity contribution is 4.95. The molecule has 0 radical (unpaired) electrons. The quantitative estimate of drug-likeness (QED) is 0.716. The highest BCUT2D eigenvalue weighted by Crippen LogP contribution is 2.18. The molecule has 0 aliphatic carbocycles. The summed E-state index contributed by atoms with van der Waals surface area (Å²) in [5.74, 6) is 1.99. The normalized spacial score (nSPS) is 22.4. The lowest BCUT2D eigenvalue weighted by Crippen LogP contribution is -2.51. The first-order valence-electron chi connectivity index (χ1n) is 5.01. The zero-order valence-electron chi connectivity index (χ0n) is 8.77. The van der Waals surface area contributed by atoms with E-state index in [-0.39, 0.29) is 0 Å². The van der Waals surface area contributed by atoms with Crippen molar-refractivity contribution in [2.24, 2.45) is 12.8 Å². The topological polar surface area (TPSA) is 60.0 Å². The average molecular weight is 195 g/mol. The Morgan fingerprint density at radius 1 is 1.50 bits per heavy atom. The maximum absolute atomic E-state index is 5.64. The van der Waals surface area contributed by atoms with E-state index in [1.807, 2.05) is 18.5 Å². The zero-order chi connectivity index (χ0) is 10.1. The highest BCUT2D eigenvalue weighted by Gasteiger charge is 2.27. The number of likely N-dealkylation sites (tertiary alicyclic amines) is 1. The van der Waals surface area contributed by atoms with Crippen LogP contribution >= 0.6 is 0 Å². The first-order chi connectivity index (χ1) is 6.72. The summed E-state index contributed by atoms with van der Waals surface area (Å²) in [6.07, 6.45) is 1.22. The summed E-state index contributed by atoms with van der Waals surface area (Å²) in [5.41, 5.74) is 5.64. The van der Waals surface area contributed by atoms with Gasteiger partial charge in [0.15, 0.2) is 0 Å². The Balaban J connectivity index is 2.01. The zero-order valence-corrected chi connectivity index (χ0v) is 8.77. The van der Waals surface area contributed by atoms with Gasteiger partial charge in [-0.15, -0.1) is 10.2 Å². The van der Waals surface area contributed by atoms with Gasteiger partial charge in [-0.25, -0.2) is 0 Å². The van der Waals surface area contributed by atoms with E-state index < -0.39 is 0 Å². The lowest BCUT2D eigenvalue weighted by Gasteiger charge is -2.39. The summed E-state index contributed by atoms with van der Waals surface area (Å²) in [5, 5.41) is 8.17. The first kappa shape index (κ1) is 9.61. The van der Waals surface area contributed by atoms with Gasteiger partial charge in [-0.05, 0) is 13.3 Å². The molecule has 1 aromatic heterocycles. The number of hydrogen-bond acceptors (Lipinski definition) is 4. The molecule has 1 unspecified atom stereocenters. The molecule has 78 valence electrons. The van der Waals surface area contributed by atoms with Crippen LogP contribution in [0.15, 0.2) is 0 Å². The summed E-state index contributed by atoms with van der Waals surface area (Å²) < 4.78 is 2.03. The van der Waals surface area contributed by atoms with Crippen LogP contribution in [0.25, 0.3) is 0 Å². The van der Waals surface area contributed by atoms with Crippen molar-refractivity contribution in [3.8, 4) is 0 Å². The fourth-order valence-electron chi connectivity index (χ4n) is 1.74. The monoisotopic (exact) mass is 195 g/mol. The van der Waals surface area contributed by atoms with Gasteiger partial charge in [-0.2, -0.15) is 0 Å². The SMILES string of the molecule is Cc1nnc(CN2CCC2CN)n1C. The van der Waals surface area contributed by atoms with Gasteiger partial charge in [0.05, 0.1) is 6.54 Å². The molecule has 1 aliphatic rings. The molecule has 0 spiro atoms. The number of nitrogens with two attached hydrogens (primary N) is 1. The number of aromatic nitrogens is 3. The highest BCUT2D eigenvalue weighted by atomic mass is 15.3. The molecule has 1 fully saturated rings. The van der Waals surface area contributed by atoms with Gasteiger partial charge in [-0.1, -0.05) is 0 Å². The molecule has 2 N–H and O–H groups in total. The Kier molecular flexibility index (Phi) is 2.52. The molecule has 0 bridgehead atoms. The molecule has 2 rings (SSSR count). The van der Waals surface area contributed by atoms with Crippen LogP contribution in [0.1, 0.15) is 18.1 Å². The molecule has 1 atom stereocenters. The summed E-state index contributed by atoms with van der Waals surface area (Å²) in [7, 11) is 2.00. The summed E-state index contributed by atoms with van der Waals surface area (Å²) in [6.45, 7) is 4.72. The van der Waals surface area contributed by atoms with Crippen molar-refractivity contribution in [2.45, 2.75) is 25.9 Å². The van der Waals surface area contributed by atoms with Gasteiger partial charge >= 0.3 is 0 Å². The maximum Gasteiger partial charge on any atom is 0.146 e. The molecule has 1 saturated heterocycles. The molecule has 2 heterocycles. The molecule has 0 saturated carbocycles. The number of aryl methyl sites for hydroxylation is 1. The van der Waals surface area contributed by atoms with E-state index >= 15 is 0 Å². The van der Waals surface area contributed by atoms with Crippen molar-refractivity contribution in [3.05, 3.63) is 11.6 Å². The van der Waals surface area contributed by atoms with Crippen LogP contribution in [0.4, 0.5) is 0 Å². The van der Waals surface area contributed by atoms with Crippen LogP contribution in [-0.2, 0) is 13.6 Å². The number of rotatable bonds is 3. The van der Waals surface area contributed by atoms with Crippen molar-refractivity contribution in [2.75, 3.05) is 13.1 Å². The van der Waals surface area contributed by atoms with Crippen molar-refractivity contribution in [3.63, 3.8) is 0 Å². The Morgan fingerprint density at radius 3 is 2.71 bits per heavy atom. The van der Waals surface area contributed by atoms with Crippen molar-refractivity contribution < 1.29 is 0 Å². The Bertz CT molecular complexity index is 317. The van der Waals surface area contributed by atoms with Crippen LogP contribution in [0, 0.1) is 6.92 Å². The molecule has 0 amide bonds. The minimum absolute atomic E-state index is 0.548. The molecule has 14 heavy (non-hydrogen) atoms. The molecule has 1 aromatic rings. The summed E-state index contributed by atoms with van der Waals surface area (Å²) in [6, 6.07) is 0.548. The molecule has 0 aromatic carbocycles. The van der Waals surface area contributed by atoms with Crippen LogP contribution in [-0.4, -0.2) is 38.8 Å². The van der Waals surface area contributed by atoms with E-state index in [1.165, 1.54) is 6.42 Å². The van der Waals surface area contributed by atoms with Gasteiger partial charge in [-0.3, -0.25) is 4.90 Å². The molecular formula is C9H17N5. The summed E-state index contributed by atoms with van der Waals surface area (Å²) >= 11 is 0. The smallest absolute Gasteiger partial charge is 0.146 e. The van der Waals surface area contributed by atoms with Gasteiger partial charge < -0.3 is 10.3 Å². The first-order valence-corrected chi connectivity index (χ1v) is 5.01. The lowest BCUT2D eigenvalue weighted by molar-refractivity contribution is 0.0839. The fraction of sp³-hybridized carbons (Fsp3) is 0.778. The van der Waals surface area contributed by atoms with E-state index in [0.29, 0.717) is 6.04 Å². The molecular weight excluding hydrogens is 178 g/mol. The summed E-state index contributed by atoms with van der Waals surface area (Å²) in [4.78, 5) is 2.35. The van der Waals surface area contributed by atoms with Crippen molar-refractivity contribution >= 4 is 0 Å². The van der Waals surface area contributed by atoms with E-state index in [4.69, 9.17) is 5.73 Å². The van der Waals surface area contributed by atoms with E-state index in [2.05, 4.69) is 15.1 Å². The number of nitrogens with zero attached hydrogens (tertiary/aromatic N) is 4. The lowest BCUT2D eigenvalue weighted by atomic mass is 10.0. The second kappa shape index (κ2) is 3.67. The predicted octanol–water partition coefficient (Wildman–Crippen LogP) is -0.343. The Labute approximate surface area is 83.9 Å². The Morgan fingerprint density at radius 2 is 2.29 bits per heavy atom. The van der Waals surface area contributed by atoms with Gasteiger partial charge in [0, 0.05) is 26.2 Å². The van der Waals surface area contributed by atoms with E-state index in [9.17, 15) is 0 Å². The largest absolute Gasteiger partial charge is 0.329 e. The van der Waals surface area contributed by atoms with Crippen LogP contribution < -0.4 is 5.73 Å². The van der Waals surface area contributed by atoms with Crippen LogP contribution in [0.5, 0.6) is 0 Å². The van der Waals surface area contributed by atoms with Gasteiger partial charge in [0.2, 0.25) is 0 Å². The molecule has 1 aliphatic heterocycles. The predicted molar refractivity (Wildman–Crippen MR) is 53.6 cm³/mol. The second-order valence-electron chi connectivity index (χ2n) is 3.87. The number of hydrogen-bond donors (Lipinski definition) is 1. The average Bonchev–Trinajstić information content (AvgIpc) is 2.44. The van der Waals surface area contributed by atoms with Crippen LogP contribution in [0.2, 0.25) is 0 Å². The standard InChI is InChI=1S/C9H17N5/c1-7-11-12-9(13(7)2)6-14-4-3-8(14)5-10/h8H,3-6,10H2,1-2H3. The molecule has 5 nitrogen and oxygen atoms in total. The third-order valence-corrected chi connectivity index (χ3v) is 3.07. The minimum Gasteiger partial charge on any atom is -0.329 e. The maximum atomic E-state index is 5.64. The van der Waals surface area contributed by atoms with Gasteiger partial charge in [0.1, 0.15) is 11.6 Å². The minimum atomic E-state index is 0.548. The van der Waals surface area contributed by atoms with E-state index in [0.717, 1.165) is 31.3 Å². The molecule has 5 heteroatoms. The van der Waals surface area contributed by atoms with Crippen LogP contribution in [0.3, 0.4) is 0 Å². The van der Waals surface area contributed by atoms with Crippen molar-refractivity contribution in [1.82, 2.24) is 19.7 Å². The second-order valence-corrected chi connectivity index (χ2v) is 3.87. The van der Waals surface area contributed by atoms with E-state index in [1.54, 1.807) is 0 Å². The van der Waals surface area contributed by atoms with Gasteiger partial charge in [0.25, 0.3) is 0 Å².